The Morgan fingerprint density at radius 3 is 1.98 bits per heavy atom. The summed E-state index contributed by atoms with van der Waals surface area (Å²) in [5.74, 6) is -3.95. The third-order valence-corrected chi connectivity index (χ3v) is 9.87. The molecule has 2 bridgehead atoms. The minimum absolute atomic E-state index is 0.00250. The highest BCUT2D eigenvalue weighted by Gasteiger charge is 2.84. The zero-order valence-electron chi connectivity index (χ0n) is 26.7. The summed E-state index contributed by atoms with van der Waals surface area (Å²) < 4.78 is 30.3. The number of hydrogen-bond donors (Lipinski definition) is 2. The number of aliphatic hydroxyl groups excluding tert-OH is 1. The normalized spacial score (nSPS) is 35.9. The Morgan fingerprint density at radius 1 is 0.804 bits per heavy atom. The second-order valence-corrected chi connectivity index (χ2v) is 13.2. The summed E-state index contributed by atoms with van der Waals surface area (Å²) in [6.45, 7) is 8.66. The van der Waals surface area contributed by atoms with Crippen LogP contribution in [0.15, 0.2) is 66.7 Å². The van der Waals surface area contributed by atoms with Gasteiger partial charge < -0.3 is 33.9 Å². The van der Waals surface area contributed by atoms with Crippen LogP contribution in [0.2, 0.25) is 0 Å². The highest BCUT2D eigenvalue weighted by molar-refractivity contribution is 5.89. The minimum Gasteiger partial charge on any atom is -0.456 e. The molecule has 2 aliphatic carbocycles. The van der Waals surface area contributed by atoms with Gasteiger partial charge in [0.15, 0.2) is 18.3 Å². The lowest BCUT2D eigenvalue weighted by Crippen LogP contribution is -2.83. The first-order valence-corrected chi connectivity index (χ1v) is 15.2. The molecular formula is C35H40O11. The highest BCUT2D eigenvalue weighted by atomic mass is 16.6. The quantitative estimate of drug-likeness (QED) is 0.261. The second kappa shape index (κ2) is 11.9. The van der Waals surface area contributed by atoms with Crippen LogP contribution >= 0.6 is 0 Å². The van der Waals surface area contributed by atoms with Gasteiger partial charge in [-0.3, -0.25) is 9.59 Å². The van der Waals surface area contributed by atoms with Crippen molar-refractivity contribution in [2.75, 3.05) is 0 Å². The van der Waals surface area contributed by atoms with E-state index in [1.165, 1.54) is 25.1 Å². The zero-order valence-corrected chi connectivity index (χ0v) is 26.7. The van der Waals surface area contributed by atoms with Gasteiger partial charge in [-0.15, -0.1) is 0 Å². The van der Waals surface area contributed by atoms with E-state index in [2.05, 4.69) is 0 Å². The molecule has 0 amide bonds. The van der Waals surface area contributed by atoms with Crippen molar-refractivity contribution in [2.45, 2.75) is 95.3 Å². The number of rotatable bonds is 7. The molecule has 11 heteroatoms. The van der Waals surface area contributed by atoms with Gasteiger partial charge in [0.1, 0.15) is 17.3 Å². The van der Waals surface area contributed by atoms with Gasteiger partial charge in [-0.1, -0.05) is 48.5 Å². The Kier molecular flexibility index (Phi) is 8.65. The maximum atomic E-state index is 13.7. The van der Waals surface area contributed by atoms with Crippen molar-refractivity contribution >= 4 is 30.0 Å². The van der Waals surface area contributed by atoms with E-state index in [1.807, 2.05) is 18.2 Å². The molecule has 5 rings (SSSR count). The van der Waals surface area contributed by atoms with Crippen molar-refractivity contribution < 1.29 is 53.1 Å². The summed E-state index contributed by atoms with van der Waals surface area (Å²) >= 11 is 0. The summed E-state index contributed by atoms with van der Waals surface area (Å²) in [5, 5.41) is 24.5. The third kappa shape index (κ3) is 5.40. The first kappa shape index (κ1) is 33.3. The van der Waals surface area contributed by atoms with Crippen LogP contribution in [0.25, 0.3) is 6.08 Å². The van der Waals surface area contributed by atoms with Crippen LogP contribution in [-0.2, 0) is 38.1 Å². The molecular weight excluding hydrogens is 596 g/mol. The van der Waals surface area contributed by atoms with Crippen LogP contribution in [0.5, 0.6) is 0 Å². The first-order valence-electron chi connectivity index (χ1n) is 15.2. The van der Waals surface area contributed by atoms with Crippen LogP contribution in [0.4, 0.5) is 0 Å². The summed E-state index contributed by atoms with van der Waals surface area (Å²) in [6, 6.07) is 17.1. The zero-order chi connectivity index (χ0) is 33.7. The lowest BCUT2D eigenvalue weighted by Gasteiger charge is -2.65. The number of fused-ring (bicyclic) bond motifs is 1. The van der Waals surface area contributed by atoms with E-state index < -0.39 is 82.5 Å². The van der Waals surface area contributed by atoms with Gasteiger partial charge in [0.05, 0.1) is 22.7 Å². The summed E-state index contributed by atoms with van der Waals surface area (Å²) in [5.41, 5.74) is -5.89. The molecule has 0 unspecified atom stereocenters. The molecule has 2 saturated carbocycles. The summed E-state index contributed by atoms with van der Waals surface area (Å²) in [4.78, 5) is 52.2. The van der Waals surface area contributed by atoms with E-state index in [4.69, 9.17) is 23.7 Å². The molecule has 1 heterocycles. The number of hydrogen-bond acceptors (Lipinski definition) is 11. The van der Waals surface area contributed by atoms with Crippen LogP contribution in [-0.4, -0.2) is 81.4 Å². The molecule has 0 aromatic heterocycles. The van der Waals surface area contributed by atoms with Crippen LogP contribution in [0.1, 0.15) is 63.9 Å². The standard InChI is InChI=1S/C35H40O11/c1-20(36)42-27-29(45-31(40)23-15-11-8-12-16-23)33(5)28(44-25(38)18-17-22-13-9-7-10-14-22)26(39)24-19-35(33,46-32(24,3)4)34(6,41)30(27)43-21(2)37/h7-18,24,26-30,39,41H,19H2,1-6H3/b18-17+/t24-,26+,27+,28+,29+,30+,33-,34+,35+/m1/s1. The average Bonchev–Trinajstić information content (AvgIpc) is 3.29. The predicted molar refractivity (Wildman–Crippen MR) is 163 cm³/mol. The Balaban J connectivity index is 1.70. The molecule has 2 N–H and O–H groups in total. The molecule has 1 aliphatic heterocycles. The first-order chi connectivity index (χ1) is 21.5. The molecule has 9 atom stereocenters. The Labute approximate surface area is 267 Å². The van der Waals surface area contributed by atoms with Gasteiger partial charge in [-0.2, -0.15) is 0 Å². The molecule has 246 valence electrons. The lowest BCUT2D eigenvalue weighted by molar-refractivity contribution is -0.357. The third-order valence-electron chi connectivity index (χ3n) is 9.87. The van der Waals surface area contributed by atoms with E-state index >= 15 is 0 Å². The predicted octanol–water partition coefficient (Wildman–Crippen LogP) is 3.40. The fourth-order valence-electron chi connectivity index (χ4n) is 7.78. The van der Waals surface area contributed by atoms with E-state index in [0.717, 1.165) is 19.4 Å². The minimum atomic E-state index is -2.13. The SMILES string of the molecule is CC(=O)O[C@H]1[C@H](OC(=O)c2ccccc2)[C@@]2(C)[C@@H](OC(=O)/C=C/c3ccccc3)[C@@H](O)[C@H]3C[C@@]2(OC3(C)C)[C@@](C)(O)[C@H]1OC(C)=O. The van der Waals surface area contributed by atoms with Crippen molar-refractivity contribution in [1.29, 1.82) is 0 Å². The number of aliphatic hydroxyl groups is 2. The van der Waals surface area contributed by atoms with Crippen molar-refractivity contribution in [2.24, 2.45) is 11.3 Å². The molecule has 3 aliphatic rings. The number of benzene rings is 2. The van der Waals surface area contributed by atoms with Crippen LogP contribution in [0.3, 0.4) is 0 Å². The van der Waals surface area contributed by atoms with Gasteiger partial charge >= 0.3 is 23.9 Å². The van der Waals surface area contributed by atoms with Gasteiger partial charge in [0, 0.05) is 25.8 Å². The highest BCUT2D eigenvalue weighted by Crippen LogP contribution is 2.68. The van der Waals surface area contributed by atoms with E-state index in [1.54, 1.807) is 57.2 Å². The van der Waals surface area contributed by atoms with Crippen molar-refractivity contribution in [3.8, 4) is 0 Å². The molecule has 3 fully saturated rings. The van der Waals surface area contributed by atoms with Crippen LogP contribution < -0.4 is 0 Å². The fourth-order valence-corrected chi connectivity index (χ4v) is 7.78. The maximum Gasteiger partial charge on any atom is 0.338 e. The second-order valence-electron chi connectivity index (χ2n) is 13.2. The van der Waals surface area contributed by atoms with E-state index in [0.29, 0.717) is 0 Å². The molecule has 46 heavy (non-hydrogen) atoms. The molecule has 0 radical (unpaired) electrons. The van der Waals surface area contributed by atoms with Crippen molar-refractivity contribution in [1.82, 2.24) is 0 Å². The van der Waals surface area contributed by atoms with Gasteiger partial charge in [0.2, 0.25) is 0 Å². The number of carbonyl (C=O) groups excluding carboxylic acids is 4. The Hall–Kier alpha value is -4.06. The van der Waals surface area contributed by atoms with Crippen LogP contribution in [0, 0.1) is 11.3 Å². The Bertz CT molecular complexity index is 1520. The number of carbonyl (C=O) groups is 4. The van der Waals surface area contributed by atoms with Gasteiger partial charge in [-0.05, 0) is 57.9 Å². The molecule has 2 aromatic carbocycles. The van der Waals surface area contributed by atoms with E-state index in [9.17, 15) is 29.4 Å². The lowest BCUT2D eigenvalue weighted by atomic mass is 9.46. The number of esters is 4. The molecule has 11 nitrogen and oxygen atoms in total. The monoisotopic (exact) mass is 636 g/mol. The van der Waals surface area contributed by atoms with E-state index in [-0.39, 0.29) is 12.0 Å². The topological polar surface area (TPSA) is 155 Å². The number of ether oxygens (including phenoxy) is 5. The Morgan fingerprint density at radius 2 is 1.39 bits per heavy atom. The average molecular weight is 637 g/mol. The largest absolute Gasteiger partial charge is 0.456 e. The molecule has 2 aromatic rings. The molecule has 1 saturated heterocycles. The maximum absolute atomic E-state index is 13.7. The van der Waals surface area contributed by atoms with Crippen molar-refractivity contribution in [3.63, 3.8) is 0 Å². The van der Waals surface area contributed by atoms with Gasteiger partial charge in [0.25, 0.3) is 0 Å². The fraction of sp³-hybridized carbons (Fsp3) is 0.486. The summed E-state index contributed by atoms with van der Waals surface area (Å²) in [6.07, 6.45) is -4.83. The molecule has 1 spiro atoms. The summed E-state index contributed by atoms with van der Waals surface area (Å²) in [7, 11) is 0. The smallest absolute Gasteiger partial charge is 0.338 e. The van der Waals surface area contributed by atoms with Crippen molar-refractivity contribution in [3.05, 3.63) is 77.9 Å². The van der Waals surface area contributed by atoms with Gasteiger partial charge in [-0.25, -0.2) is 9.59 Å².